The molecule has 0 bridgehead atoms. The standard InChI is InChI=1S/C7H2Cl2F3NO5S/c8-6-4(18-7(10,11)12)1-3(13(14)15)2-5(6)19(9,16)17/h1-2H. The summed E-state index contributed by atoms with van der Waals surface area (Å²) in [6, 6.07) is 0.759. The van der Waals surface area contributed by atoms with E-state index in [2.05, 4.69) is 4.74 Å². The van der Waals surface area contributed by atoms with E-state index in [0.29, 0.717) is 12.1 Å². The van der Waals surface area contributed by atoms with E-state index in [4.69, 9.17) is 22.3 Å². The van der Waals surface area contributed by atoms with Crippen molar-refractivity contribution in [2.75, 3.05) is 0 Å². The van der Waals surface area contributed by atoms with Crippen molar-refractivity contribution in [1.82, 2.24) is 0 Å². The number of alkyl halides is 3. The molecule has 0 unspecified atom stereocenters. The van der Waals surface area contributed by atoms with Gasteiger partial charge in [-0.2, -0.15) is 0 Å². The van der Waals surface area contributed by atoms with Gasteiger partial charge < -0.3 is 4.74 Å². The highest BCUT2D eigenvalue weighted by Crippen LogP contribution is 2.39. The van der Waals surface area contributed by atoms with E-state index < -0.39 is 41.7 Å². The zero-order valence-electron chi connectivity index (χ0n) is 8.44. The third kappa shape index (κ3) is 4.11. The van der Waals surface area contributed by atoms with E-state index in [0.717, 1.165) is 0 Å². The molecule has 0 radical (unpaired) electrons. The van der Waals surface area contributed by atoms with Crippen LogP contribution in [-0.4, -0.2) is 19.7 Å². The summed E-state index contributed by atoms with van der Waals surface area (Å²) < 4.78 is 61.7. The Morgan fingerprint density at radius 1 is 1.32 bits per heavy atom. The highest BCUT2D eigenvalue weighted by atomic mass is 35.7. The molecule has 106 valence electrons. The van der Waals surface area contributed by atoms with Gasteiger partial charge in [0.15, 0.2) is 5.75 Å². The summed E-state index contributed by atoms with van der Waals surface area (Å²) >= 11 is 5.36. The molecule has 12 heteroatoms. The number of rotatable bonds is 3. The van der Waals surface area contributed by atoms with E-state index in [-0.39, 0.29) is 0 Å². The third-order valence-electron chi connectivity index (χ3n) is 1.69. The predicted molar refractivity (Wildman–Crippen MR) is 57.8 cm³/mol. The molecule has 1 rings (SSSR count). The molecule has 0 saturated carbocycles. The molecule has 6 nitrogen and oxygen atoms in total. The fourth-order valence-electron chi connectivity index (χ4n) is 1.04. The molecule has 1 aromatic rings. The first-order valence-corrected chi connectivity index (χ1v) is 6.79. The van der Waals surface area contributed by atoms with E-state index in [9.17, 15) is 31.7 Å². The molecule has 0 spiro atoms. The Kier molecular flexibility index (Phi) is 4.17. The SMILES string of the molecule is O=[N+]([O-])c1cc(OC(F)(F)F)c(Cl)c(S(=O)(=O)Cl)c1. The fraction of sp³-hybridized carbons (Fsp3) is 0.143. The van der Waals surface area contributed by atoms with Crippen molar-refractivity contribution < 1.29 is 31.2 Å². The van der Waals surface area contributed by atoms with E-state index in [1.54, 1.807) is 0 Å². The number of benzene rings is 1. The van der Waals surface area contributed by atoms with Gasteiger partial charge in [0, 0.05) is 16.7 Å². The summed E-state index contributed by atoms with van der Waals surface area (Å²) in [5, 5.41) is 9.50. The van der Waals surface area contributed by atoms with Gasteiger partial charge in [-0.25, -0.2) is 8.42 Å². The first-order valence-electron chi connectivity index (χ1n) is 4.10. The molecule has 1 aromatic carbocycles. The van der Waals surface area contributed by atoms with Crippen LogP contribution in [0.2, 0.25) is 5.02 Å². The van der Waals surface area contributed by atoms with Crippen molar-refractivity contribution in [2.24, 2.45) is 0 Å². The summed E-state index contributed by atoms with van der Waals surface area (Å²) in [5.74, 6) is -1.23. The van der Waals surface area contributed by atoms with Crippen LogP contribution < -0.4 is 4.74 Å². The van der Waals surface area contributed by atoms with Crippen LogP contribution in [0.5, 0.6) is 5.75 Å². The molecular formula is C7H2Cl2F3NO5S. The minimum absolute atomic E-state index is 0.335. The van der Waals surface area contributed by atoms with Crippen molar-refractivity contribution in [3.05, 3.63) is 27.3 Å². The second-order valence-corrected chi connectivity index (χ2v) is 5.91. The second-order valence-electron chi connectivity index (χ2n) is 3.00. The molecule has 0 heterocycles. The van der Waals surface area contributed by atoms with E-state index >= 15 is 0 Å². The molecule has 0 aliphatic carbocycles. The highest BCUT2D eigenvalue weighted by Gasteiger charge is 2.34. The first kappa shape index (κ1) is 15.8. The van der Waals surface area contributed by atoms with Gasteiger partial charge in [-0.1, -0.05) is 11.6 Å². The van der Waals surface area contributed by atoms with Crippen molar-refractivity contribution >= 4 is 37.0 Å². The minimum atomic E-state index is -5.20. The fourth-order valence-corrected chi connectivity index (χ4v) is 2.55. The topological polar surface area (TPSA) is 86.5 Å². The normalized spacial score (nSPS) is 12.3. The van der Waals surface area contributed by atoms with Crippen LogP contribution in [0.1, 0.15) is 0 Å². The zero-order chi connectivity index (χ0) is 15.0. The van der Waals surface area contributed by atoms with E-state index in [1.165, 1.54) is 0 Å². The number of nitro groups is 1. The quantitative estimate of drug-likeness (QED) is 0.479. The number of halogens is 5. The van der Waals surface area contributed by atoms with E-state index in [1.807, 2.05) is 0 Å². The van der Waals surface area contributed by atoms with Gasteiger partial charge in [-0.3, -0.25) is 10.1 Å². The predicted octanol–water partition coefficient (Wildman–Crippen LogP) is 3.07. The summed E-state index contributed by atoms with van der Waals surface area (Å²) in [6.07, 6.45) is -5.20. The number of hydrogen-bond acceptors (Lipinski definition) is 5. The molecule has 0 aliphatic rings. The Morgan fingerprint density at radius 2 is 1.84 bits per heavy atom. The van der Waals surface area contributed by atoms with Crippen LogP contribution in [0.3, 0.4) is 0 Å². The van der Waals surface area contributed by atoms with Crippen molar-refractivity contribution in [1.29, 1.82) is 0 Å². The van der Waals surface area contributed by atoms with Crippen molar-refractivity contribution in [3.8, 4) is 5.75 Å². The number of hydrogen-bond donors (Lipinski definition) is 0. The van der Waals surface area contributed by atoms with Crippen LogP contribution in [0.4, 0.5) is 18.9 Å². The van der Waals surface area contributed by atoms with Crippen LogP contribution in [0, 0.1) is 10.1 Å². The molecule has 0 N–H and O–H groups in total. The molecular weight excluding hydrogens is 338 g/mol. The largest absolute Gasteiger partial charge is 0.573 e. The monoisotopic (exact) mass is 339 g/mol. The van der Waals surface area contributed by atoms with Gasteiger partial charge in [0.05, 0.1) is 11.0 Å². The Labute approximate surface area is 113 Å². The minimum Gasteiger partial charge on any atom is -0.404 e. The maximum Gasteiger partial charge on any atom is 0.573 e. The summed E-state index contributed by atoms with van der Waals surface area (Å²) in [6.45, 7) is 0. The van der Waals surface area contributed by atoms with Gasteiger partial charge in [0.2, 0.25) is 0 Å². The molecule has 0 amide bonds. The third-order valence-corrected chi connectivity index (χ3v) is 3.54. The molecule has 0 atom stereocenters. The van der Waals surface area contributed by atoms with Crippen LogP contribution >= 0.6 is 22.3 Å². The second kappa shape index (κ2) is 5.02. The molecule has 19 heavy (non-hydrogen) atoms. The number of nitrogens with zero attached hydrogens (tertiary/aromatic N) is 1. The average Bonchev–Trinajstić information content (AvgIpc) is 2.16. The number of nitro benzene ring substituents is 1. The molecule has 0 aliphatic heterocycles. The Morgan fingerprint density at radius 3 is 2.21 bits per heavy atom. The molecule has 0 aromatic heterocycles. The highest BCUT2D eigenvalue weighted by molar-refractivity contribution is 8.13. The summed E-state index contributed by atoms with van der Waals surface area (Å²) in [7, 11) is 0.333. The zero-order valence-corrected chi connectivity index (χ0v) is 10.8. The first-order chi connectivity index (χ1) is 8.42. The van der Waals surface area contributed by atoms with Crippen LogP contribution in [0.15, 0.2) is 17.0 Å². The lowest BCUT2D eigenvalue weighted by Crippen LogP contribution is -2.18. The molecule has 0 saturated heterocycles. The molecule has 0 fully saturated rings. The maximum atomic E-state index is 12.0. The lowest BCUT2D eigenvalue weighted by molar-refractivity contribution is -0.385. The van der Waals surface area contributed by atoms with Gasteiger partial charge in [0.25, 0.3) is 14.7 Å². The van der Waals surface area contributed by atoms with Crippen LogP contribution in [0.25, 0.3) is 0 Å². The Bertz CT molecular complexity index is 630. The van der Waals surface area contributed by atoms with Crippen molar-refractivity contribution in [2.45, 2.75) is 11.3 Å². The number of ether oxygens (including phenoxy) is 1. The van der Waals surface area contributed by atoms with Gasteiger partial charge in [-0.15, -0.1) is 13.2 Å². The van der Waals surface area contributed by atoms with Crippen molar-refractivity contribution in [3.63, 3.8) is 0 Å². The lowest BCUT2D eigenvalue weighted by atomic mass is 10.3. The average molecular weight is 340 g/mol. The Balaban J connectivity index is 3.55. The maximum absolute atomic E-state index is 12.0. The summed E-state index contributed by atoms with van der Waals surface area (Å²) in [4.78, 5) is 8.33. The van der Waals surface area contributed by atoms with Gasteiger partial charge in [-0.05, 0) is 0 Å². The number of non-ortho nitro benzene ring substituents is 1. The van der Waals surface area contributed by atoms with Gasteiger partial charge in [0.1, 0.15) is 9.92 Å². The van der Waals surface area contributed by atoms with Gasteiger partial charge >= 0.3 is 6.36 Å². The lowest BCUT2D eigenvalue weighted by Gasteiger charge is -2.11. The Hall–Kier alpha value is -1.26. The summed E-state index contributed by atoms with van der Waals surface area (Å²) in [5.41, 5.74) is -0.970. The smallest absolute Gasteiger partial charge is 0.404 e. The van der Waals surface area contributed by atoms with Crippen LogP contribution in [-0.2, 0) is 9.05 Å².